The summed E-state index contributed by atoms with van der Waals surface area (Å²) in [4.78, 5) is 31.0. The third kappa shape index (κ3) is 5.53. The number of hydrogen-bond acceptors (Lipinski definition) is 7. The van der Waals surface area contributed by atoms with E-state index in [1.807, 2.05) is 10.3 Å². The van der Waals surface area contributed by atoms with Crippen LogP contribution in [0.15, 0.2) is 34.0 Å². The number of likely N-dealkylation sites (tertiary alicyclic amines) is 1. The molecule has 2 aliphatic heterocycles. The fourth-order valence-corrected chi connectivity index (χ4v) is 5.21. The molecule has 2 amide bonds. The largest absolute Gasteiger partial charge is 0.347 e. The molecule has 1 aromatic carbocycles. The Kier molecular flexibility index (Phi) is 6.94. The Morgan fingerprint density at radius 2 is 1.90 bits per heavy atom. The van der Waals surface area contributed by atoms with Gasteiger partial charge >= 0.3 is 0 Å². The number of carbonyl (C=O) groups excluding carboxylic acids is 2. The lowest BCUT2D eigenvalue weighted by Crippen LogP contribution is -2.47. The first-order chi connectivity index (χ1) is 14.5. The second kappa shape index (κ2) is 9.65. The van der Waals surface area contributed by atoms with Crippen LogP contribution in [-0.2, 0) is 25.5 Å². The van der Waals surface area contributed by atoms with E-state index < -0.39 is 5.79 Å². The maximum atomic E-state index is 12.6. The van der Waals surface area contributed by atoms with Crippen LogP contribution in [0, 0.1) is 0 Å². The molecule has 1 aromatic heterocycles. The highest BCUT2D eigenvalue weighted by Gasteiger charge is 2.40. The molecule has 4 rings (SSSR count). The van der Waals surface area contributed by atoms with Crippen LogP contribution in [0.25, 0.3) is 0 Å². The third-order valence-corrected chi connectivity index (χ3v) is 7.33. The van der Waals surface area contributed by atoms with Gasteiger partial charge in [-0.15, -0.1) is 11.3 Å². The molecule has 10 heteroatoms. The highest BCUT2D eigenvalue weighted by Crippen LogP contribution is 2.31. The summed E-state index contributed by atoms with van der Waals surface area (Å²) in [6.45, 7) is 2.53. The molecule has 160 valence electrons. The number of piperidine rings is 1. The number of carbonyl (C=O) groups is 2. The molecule has 2 fully saturated rings. The number of nitrogens with zero attached hydrogens (tertiary/aromatic N) is 2. The second-order valence-corrected chi connectivity index (χ2v) is 9.63. The van der Waals surface area contributed by atoms with E-state index in [9.17, 15) is 9.59 Å². The summed E-state index contributed by atoms with van der Waals surface area (Å²) in [5, 5.41) is 5.32. The predicted octanol–water partition coefficient (Wildman–Crippen LogP) is 3.44. The van der Waals surface area contributed by atoms with Gasteiger partial charge in [0.05, 0.1) is 31.1 Å². The van der Waals surface area contributed by atoms with E-state index in [0.29, 0.717) is 49.9 Å². The van der Waals surface area contributed by atoms with Gasteiger partial charge < -0.3 is 19.7 Å². The van der Waals surface area contributed by atoms with Crippen molar-refractivity contribution >= 4 is 52.2 Å². The molecule has 2 aromatic rings. The van der Waals surface area contributed by atoms with Crippen molar-refractivity contribution in [3.63, 3.8) is 0 Å². The number of thiazole rings is 1. The molecule has 2 saturated heterocycles. The summed E-state index contributed by atoms with van der Waals surface area (Å²) in [5.74, 6) is -0.287. The Balaban J connectivity index is 1.21. The van der Waals surface area contributed by atoms with Gasteiger partial charge in [0.1, 0.15) is 0 Å². The third-order valence-electron chi connectivity index (χ3n) is 5.01. The average molecular weight is 468 g/mol. The number of hydrogen-bond donors (Lipinski definition) is 1. The normalized spacial score (nSPS) is 18.0. The van der Waals surface area contributed by atoms with Crippen LogP contribution in [0.4, 0.5) is 5.69 Å². The Morgan fingerprint density at radius 1 is 1.20 bits per heavy atom. The lowest BCUT2D eigenvalue weighted by atomic mass is 10.0. The van der Waals surface area contributed by atoms with E-state index in [0.717, 1.165) is 10.0 Å². The Morgan fingerprint density at radius 3 is 2.60 bits per heavy atom. The van der Waals surface area contributed by atoms with E-state index in [1.165, 1.54) is 23.1 Å². The van der Waals surface area contributed by atoms with E-state index in [-0.39, 0.29) is 24.0 Å². The molecule has 0 radical (unpaired) electrons. The minimum Gasteiger partial charge on any atom is -0.347 e. The summed E-state index contributed by atoms with van der Waals surface area (Å²) in [6.07, 6.45) is 1.68. The van der Waals surface area contributed by atoms with Gasteiger partial charge in [0.2, 0.25) is 11.8 Å². The lowest BCUT2D eigenvalue weighted by molar-refractivity contribution is -0.187. The van der Waals surface area contributed by atoms with Crippen molar-refractivity contribution in [3.05, 3.63) is 40.4 Å². The van der Waals surface area contributed by atoms with Crippen molar-refractivity contribution in [2.75, 3.05) is 37.4 Å². The Labute approximate surface area is 188 Å². The van der Waals surface area contributed by atoms with Gasteiger partial charge in [0.25, 0.3) is 0 Å². The minimum absolute atomic E-state index is 0.0604. The van der Waals surface area contributed by atoms with Gasteiger partial charge in [0, 0.05) is 42.0 Å². The molecule has 0 unspecified atom stereocenters. The zero-order valence-electron chi connectivity index (χ0n) is 16.3. The van der Waals surface area contributed by atoms with Crippen LogP contribution in [0.1, 0.15) is 18.5 Å². The molecule has 1 N–H and O–H groups in total. The smallest absolute Gasteiger partial charge is 0.234 e. The van der Waals surface area contributed by atoms with Gasteiger partial charge in [-0.2, -0.15) is 0 Å². The van der Waals surface area contributed by atoms with Crippen molar-refractivity contribution in [1.29, 1.82) is 0 Å². The van der Waals surface area contributed by atoms with Crippen molar-refractivity contribution in [2.24, 2.45) is 0 Å². The topological polar surface area (TPSA) is 80.8 Å². The quantitative estimate of drug-likeness (QED) is 0.655. The Hall–Kier alpha value is -1.65. The summed E-state index contributed by atoms with van der Waals surface area (Å²) in [6, 6.07) is 6.96. The van der Waals surface area contributed by atoms with Gasteiger partial charge in [-0.25, -0.2) is 4.98 Å². The van der Waals surface area contributed by atoms with Crippen LogP contribution in [0.5, 0.6) is 0 Å². The number of aromatic nitrogens is 1. The molecular weight excluding hydrogens is 446 g/mol. The van der Waals surface area contributed by atoms with Crippen LogP contribution in [-0.4, -0.2) is 59.5 Å². The van der Waals surface area contributed by atoms with E-state index >= 15 is 0 Å². The number of ether oxygens (including phenoxy) is 2. The molecule has 0 atom stereocenters. The van der Waals surface area contributed by atoms with Crippen molar-refractivity contribution in [1.82, 2.24) is 9.88 Å². The van der Waals surface area contributed by atoms with E-state index in [2.05, 4.69) is 10.3 Å². The lowest BCUT2D eigenvalue weighted by Gasteiger charge is -2.37. The number of thioether (sulfide) groups is 1. The first-order valence-corrected chi connectivity index (χ1v) is 11.9. The molecule has 0 saturated carbocycles. The van der Waals surface area contributed by atoms with Gasteiger partial charge in [0.15, 0.2) is 10.1 Å². The molecule has 0 aliphatic carbocycles. The first-order valence-electron chi connectivity index (χ1n) is 9.70. The Bertz CT molecular complexity index is 890. The van der Waals surface area contributed by atoms with Crippen LogP contribution in [0.2, 0.25) is 5.02 Å². The van der Waals surface area contributed by atoms with E-state index in [4.69, 9.17) is 21.1 Å². The summed E-state index contributed by atoms with van der Waals surface area (Å²) in [7, 11) is 0. The summed E-state index contributed by atoms with van der Waals surface area (Å²) >= 11 is 8.65. The SMILES string of the molecule is O=C(CSc1nc(CC(=O)N2CCC3(CC2)OCCO3)cs1)Nc1ccc(Cl)cc1. The summed E-state index contributed by atoms with van der Waals surface area (Å²) in [5.41, 5.74) is 1.44. The number of amides is 2. The molecule has 2 aliphatic rings. The molecule has 0 bridgehead atoms. The monoisotopic (exact) mass is 467 g/mol. The van der Waals surface area contributed by atoms with E-state index in [1.54, 1.807) is 24.3 Å². The fourth-order valence-electron chi connectivity index (χ4n) is 3.44. The van der Waals surface area contributed by atoms with Gasteiger partial charge in [-0.1, -0.05) is 23.4 Å². The maximum Gasteiger partial charge on any atom is 0.234 e. The molecule has 30 heavy (non-hydrogen) atoms. The average Bonchev–Trinajstić information content (AvgIpc) is 3.38. The van der Waals surface area contributed by atoms with Crippen LogP contribution >= 0.6 is 34.7 Å². The van der Waals surface area contributed by atoms with Crippen LogP contribution < -0.4 is 5.32 Å². The minimum atomic E-state index is -0.478. The second-order valence-electron chi connectivity index (χ2n) is 7.11. The van der Waals surface area contributed by atoms with Gasteiger partial charge in [-0.3, -0.25) is 9.59 Å². The fraction of sp³-hybridized carbons (Fsp3) is 0.450. The molecule has 7 nitrogen and oxygen atoms in total. The van der Waals surface area contributed by atoms with Crippen molar-refractivity contribution in [2.45, 2.75) is 29.4 Å². The molecule has 3 heterocycles. The van der Waals surface area contributed by atoms with Crippen molar-refractivity contribution < 1.29 is 19.1 Å². The zero-order chi connectivity index (χ0) is 21.0. The molecular formula is C20H22ClN3O4S2. The standard InChI is InChI=1S/C20H22ClN3O4S2/c21-14-1-3-15(4-2-14)22-17(25)13-30-19-23-16(12-29-19)11-18(26)24-7-5-20(6-8-24)27-9-10-28-20/h1-4,12H,5-11,13H2,(H,22,25). The van der Waals surface area contributed by atoms with Crippen LogP contribution in [0.3, 0.4) is 0 Å². The number of rotatable bonds is 6. The first kappa shape index (κ1) is 21.6. The van der Waals surface area contributed by atoms with Crippen molar-refractivity contribution in [3.8, 4) is 0 Å². The number of halogens is 1. The zero-order valence-corrected chi connectivity index (χ0v) is 18.7. The number of anilines is 1. The maximum absolute atomic E-state index is 12.6. The highest BCUT2D eigenvalue weighted by atomic mass is 35.5. The van der Waals surface area contributed by atoms with Gasteiger partial charge in [-0.05, 0) is 24.3 Å². The summed E-state index contributed by atoms with van der Waals surface area (Å²) < 4.78 is 12.2. The number of nitrogens with one attached hydrogen (secondary N) is 1. The number of benzene rings is 1. The highest BCUT2D eigenvalue weighted by molar-refractivity contribution is 8.01. The predicted molar refractivity (Wildman–Crippen MR) is 117 cm³/mol. The molecule has 1 spiro atoms.